The fourth-order valence-electron chi connectivity index (χ4n) is 3.62. The summed E-state index contributed by atoms with van der Waals surface area (Å²) in [4.78, 5) is 7.45. The molecule has 0 spiro atoms. The van der Waals surface area contributed by atoms with Crippen molar-refractivity contribution < 1.29 is 8.78 Å². The topological polar surface area (TPSA) is 28.7 Å². The lowest BCUT2D eigenvalue weighted by Gasteiger charge is -2.04. The molecule has 0 aliphatic heterocycles. The van der Waals surface area contributed by atoms with Crippen LogP contribution in [0.15, 0.2) is 12.1 Å². The van der Waals surface area contributed by atoms with Crippen LogP contribution in [-0.2, 0) is 0 Å². The van der Waals surface area contributed by atoms with Crippen molar-refractivity contribution in [3.8, 4) is 0 Å². The van der Waals surface area contributed by atoms with E-state index in [1.807, 2.05) is 0 Å². The minimum atomic E-state index is -0.573. The van der Waals surface area contributed by atoms with Crippen molar-refractivity contribution in [3.05, 3.63) is 29.6 Å². The standard InChI is InChI=1S/C14H14F2N2/c15-7-5-10(16)13-11(6-7)17-14(18-13)12-8-3-1-2-4-9(8)12/h5-6,8-9,12H,1-4H2,(H,17,18). The Morgan fingerprint density at radius 2 is 1.83 bits per heavy atom. The quantitative estimate of drug-likeness (QED) is 0.818. The molecule has 2 aliphatic rings. The number of imidazole rings is 1. The number of nitrogens with zero attached hydrogens (tertiary/aromatic N) is 1. The van der Waals surface area contributed by atoms with Crippen molar-refractivity contribution >= 4 is 11.0 Å². The van der Waals surface area contributed by atoms with Gasteiger partial charge in [0.05, 0.1) is 5.52 Å². The van der Waals surface area contributed by atoms with E-state index in [-0.39, 0.29) is 5.52 Å². The van der Waals surface area contributed by atoms with Crippen LogP contribution >= 0.6 is 0 Å². The highest BCUT2D eigenvalue weighted by atomic mass is 19.1. The van der Waals surface area contributed by atoms with Gasteiger partial charge in [0.1, 0.15) is 17.2 Å². The maximum absolute atomic E-state index is 13.6. The Morgan fingerprint density at radius 1 is 1.11 bits per heavy atom. The number of aromatic amines is 1. The molecule has 1 N–H and O–H groups in total. The summed E-state index contributed by atoms with van der Waals surface area (Å²) >= 11 is 0. The molecule has 2 fully saturated rings. The average Bonchev–Trinajstić information content (AvgIpc) is 2.92. The molecule has 2 saturated carbocycles. The molecular formula is C14H14F2N2. The highest BCUT2D eigenvalue weighted by molar-refractivity contribution is 5.76. The third-order valence-corrected chi connectivity index (χ3v) is 4.50. The number of aromatic nitrogens is 2. The zero-order valence-corrected chi connectivity index (χ0v) is 9.92. The van der Waals surface area contributed by atoms with E-state index in [1.54, 1.807) is 0 Å². The molecule has 1 aromatic heterocycles. The van der Waals surface area contributed by atoms with Gasteiger partial charge in [-0.3, -0.25) is 0 Å². The highest BCUT2D eigenvalue weighted by Gasteiger charge is 2.52. The van der Waals surface area contributed by atoms with Gasteiger partial charge in [-0.2, -0.15) is 0 Å². The summed E-state index contributed by atoms with van der Waals surface area (Å²) in [5.74, 6) is 1.60. The van der Waals surface area contributed by atoms with E-state index >= 15 is 0 Å². The molecule has 0 saturated heterocycles. The first kappa shape index (κ1) is 10.5. The van der Waals surface area contributed by atoms with Gasteiger partial charge >= 0.3 is 0 Å². The summed E-state index contributed by atoms with van der Waals surface area (Å²) in [6.45, 7) is 0. The van der Waals surface area contributed by atoms with E-state index in [1.165, 1.54) is 31.7 Å². The normalized spacial score (nSPS) is 30.4. The van der Waals surface area contributed by atoms with Crippen LogP contribution in [0.5, 0.6) is 0 Å². The molecule has 94 valence electrons. The van der Waals surface area contributed by atoms with Gasteiger partial charge in [-0.05, 0) is 30.7 Å². The summed E-state index contributed by atoms with van der Waals surface area (Å²) in [5, 5.41) is 0. The minimum Gasteiger partial charge on any atom is -0.342 e. The molecule has 0 amide bonds. The van der Waals surface area contributed by atoms with Crippen molar-refractivity contribution in [2.45, 2.75) is 31.6 Å². The molecule has 0 radical (unpaired) electrons. The van der Waals surface area contributed by atoms with Crippen LogP contribution in [0, 0.1) is 23.5 Å². The Morgan fingerprint density at radius 3 is 2.56 bits per heavy atom. The van der Waals surface area contributed by atoms with Crippen LogP contribution in [0.4, 0.5) is 8.78 Å². The molecule has 2 aromatic rings. The van der Waals surface area contributed by atoms with Gasteiger partial charge in [-0.15, -0.1) is 0 Å². The lowest BCUT2D eigenvalue weighted by atomic mass is 10.0. The Hall–Kier alpha value is -1.45. The Balaban J connectivity index is 1.76. The molecule has 18 heavy (non-hydrogen) atoms. The number of hydrogen-bond donors (Lipinski definition) is 1. The number of H-pyrrole nitrogens is 1. The molecule has 4 heteroatoms. The smallest absolute Gasteiger partial charge is 0.153 e. The lowest BCUT2D eigenvalue weighted by Crippen LogP contribution is -1.91. The third-order valence-electron chi connectivity index (χ3n) is 4.50. The molecular weight excluding hydrogens is 234 g/mol. The summed E-state index contributed by atoms with van der Waals surface area (Å²) in [7, 11) is 0. The van der Waals surface area contributed by atoms with Crippen LogP contribution in [0.1, 0.15) is 37.4 Å². The molecule has 0 bridgehead atoms. The largest absolute Gasteiger partial charge is 0.342 e. The Labute approximate surface area is 103 Å². The molecule has 2 aliphatic carbocycles. The van der Waals surface area contributed by atoms with Gasteiger partial charge in [0.25, 0.3) is 0 Å². The third kappa shape index (κ3) is 1.41. The SMILES string of the molecule is Fc1cc(F)c2nc(C3C4CCCCC43)[nH]c2c1. The second-order valence-electron chi connectivity index (χ2n) is 5.54. The zero-order valence-electron chi connectivity index (χ0n) is 9.92. The molecule has 2 atom stereocenters. The summed E-state index contributed by atoms with van der Waals surface area (Å²) < 4.78 is 26.7. The maximum atomic E-state index is 13.6. The predicted molar refractivity (Wildman–Crippen MR) is 64.2 cm³/mol. The number of rotatable bonds is 1. The second kappa shape index (κ2) is 3.53. The van der Waals surface area contributed by atoms with Crippen LogP contribution in [0.25, 0.3) is 11.0 Å². The van der Waals surface area contributed by atoms with E-state index in [0.29, 0.717) is 23.3 Å². The van der Waals surface area contributed by atoms with Crippen molar-refractivity contribution in [2.24, 2.45) is 11.8 Å². The van der Waals surface area contributed by atoms with Gasteiger partial charge in [0, 0.05) is 12.0 Å². The van der Waals surface area contributed by atoms with E-state index in [4.69, 9.17) is 0 Å². The van der Waals surface area contributed by atoms with Gasteiger partial charge in [-0.1, -0.05) is 12.8 Å². The maximum Gasteiger partial charge on any atom is 0.153 e. The number of nitrogens with one attached hydrogen (secondary N) is 1. The van der Waals surface area contributed by atoms with E-state index in [2.05, 4.69) is 9.97 Å². The second-order valence-corrected chi connectivity index (χ2v) is 5.54. The Kier molecular flexibility index (Phi) is 2.05. The highest BCUT2D eigenvalue weighted by Crippen LogP contribution is 2.60. The van der Waals surface area contributed by atoms with E-state index < -0.39 is 11.6 Å². The van der Waals surface area contributed by atoms with Crippen LogP contribution in [0.2, 0.25) is 0 Å². The monoisotopic (exact) mass is 248 g/mol. The predicted octanol–water partition coefficient (Wildman–Crippen LogP) is 3.74. The van der Waals surface area contributed by atoms with Crippen molar-refractivity contribution in [1.29, 1.82) is 0 Å². The molecule has 4 rings (SSSR count). The number of hydrogen-bond acceptors (Lipinski definition) is 1. The van der Waals surface area contributed by atoms with Gasteiger partial charge in [-0.25, -0.2) is 13.8 Å². The molecule has 1 heterocycles. The van der Waals surface area contributed by atoms with Gasteiger partial charge < -0.3 is 4.98 Å². The van der Waals surface area contributed by atoms with Crippen LogP contribution in [0.3, 0.4) is 0 Å². The van der Waals surface area contributed by atoms with Crippen molar-refractivity contribution in [3.63, 3.8) is 0 Å². The van der Waals surface area contributed by atoms with Gasteiger partial charge in [0.2, 0.25) is 0 Å². The Bertz CT molecular complexity index is 608. The number of halogens is 2. The van der Waals surface area contributed by atoms with E-state index in [9.17, 15) is 8.78 Å². The number of benzene rings is 1. The first-order chi connectivity index (χ1) is 8.74. The fraction of sp³-hybridized carbons (Fsp3) is 0.500. The molecule has 2 nitrogen and oxygen atoms in total. The van der Waals surface area contributed by atoms with Crippen molar-refractivity contribution in [1.82, 2.24) is 9.97 Å². The lowest BCUT2D eigenvalue weighted by molar-refractivity contribution is 0.480. The average molecular weight is 248 g/mol. The van der Waals surface area contributed by atoms with Gasteiger partial charge in [0.15, 0.2) is 5.82 Å². The first-order valence-electron chi connectivity index (χ1n) is 6.59. The summed E-state index contributed by atoms with van der Waals surface area (Å²) in [5.41, 5.74) is 0.751. The summed E-state index contributed by atoms with van der Waals surface area (Å²) in [6.07, 6.45) is 5.09. The first-order valence-corrected chi connectivity index (χ1v) is 6.59. The van der Waals surface area contributed by atoms with Crippen LogP contribution < -0.4 is 0 Å². The van der Waals surface area contributed by atoms with Crippen molar-refractivity contribution in [2.75, 3.05) is 0 Å². The van der Waals surface area contributed by atoms with Crippen LogP contribution in [-0.4, -0.2) is 9.97 Å². The fourth-order valence-corrected chi connectivity index (χ4v) is 3.62. The minimum absolute atomic E-state index is 0.273. The summed E-state index contributed by atoms with van der Waals surface area (Å²) in [6, 6.07) is 2.22. The molecule has 1 aromatic carbocycles. The van der Waals surface area contributed by atoms with E-state index in [0.717, 1.165) is 11.9 Å². The zero-order chi connectivity index (χ0) is 12.3. The number of fused-ring (bicyclic) bond motifs is 2. The molecule has 2 unspecified atom stereocenters.